The average Bonchev–Trinajstić information content (AvgIpc) is 2.51. The van der Waals surface area contributed by atoms with Crippen LogP contribution < -0.4 is 10.6 Å². The van der Waals surface area contributed by atoms with Crippen LogP contribution in [0.4, 0.5) is 5.69 Å². The molecule has 0 spiro atoms. The fourth-order valence-corrected chi connectivity index (χ4v) is 2.89. The first kappa shape index (κ1) is 13.8. The lowest BCUT2D eigenvalue weighted by atomic mass is 9.94. The van der Waals surface area contributed by atoms with Gasteiger partial charge in [0.2, 0.25) is 5.91 Å². The lowest BCUT2D eigenvalue weighted by Gasteiger charge is -2.27. The Balaban J connectivity index is 1.82. The molecule has 0 bridgehead atoms. The maximum absolute atomic E-state index is 11.7. The normalized spacial score (nSPS) is 15.7. The number of hydrogen-bond acceptors (Lipinski definition) is 2. The summed E-state index contributed by atoms with van der Waals surface area (Å²) < 4.78 is 0. The first-order valence-electron chi connectivity index (χ1n) is 7.34. The van der Waals surface area contributed by atoms with Gasteiger partial charge in [0.25, 0.3) is 0 Å². The topological polar surface area (TPSA) is 46.3 Å². The van der Waals surface area contributed by atoms with Gasteiger partial charge in [-0.05, 0) is 35.6 Å². The van der Waals surface area contributed by atoms with E-state index in [-0.39, 0.29) is 11.9 Å². The van der Waals surface area contributed by atoms with E-state index in [4.69, 9.17) is 5.73 Å². The molecule has 1 amide bonds. The van der Waals surface area contributed by atoms with E-state index in [1.165, 1.54) is 11.1 Å². The minimum atomic E-state index is -0.0133. The minimum absolute atomic E-state index is 0.0133. The Kier molecular flexibility index (Phi) is 3.76. The number of carbonyl (C=O) groups is 1. The average molecular weight is 280 g/mol. The molecule has 0 aromatic heterocycles. The van der Waals surface area contributed by atoms with Crippen molar-refractivity contribution in [1.29, 1.82) is 0 Å². The quantitative estimate of drug-likeness (QED) is 0.939. The lowest BCUT2D eigenvalue weighted by Crippen LogP contribution is -2.31. The van der Waals surface area contributed by atoms with Crippen LogP contribution in [0.2, 0.25) is 0 Å². The van der Waals surface area contributed by atoms with E-state index in [1.807, 2.05) is 37.4 Å². The zero-order valence-electron chi connectivity index (χ0n) is 12.3. The predicted octanol–water partition coefficient (Wildman–Crippen LogP) is 2.84. The van der Waals surface area contributed by atoms with Gasteiger partial charge in [-0.2, -0.15) is 0 Å². The summed E-state index contributed by atoms with van der Waals surface area (Å²) in [6.07, 6.45) is 2.22. The maximum atomic E-state index is 11.7. The number of amides is 1. The molecule has 0 aliphatic carbocycles. The Morgan fingerprint density at radius 2 is 1.90 bits per heavy atom. The van der Waals surface area contributed by atoms with Crippen LogP contribution in [0.3, 0.4) is 0 Å². The number of hydrogen-bond donors (Lipinski definition) is 1. The number of anilines is 1. The summed E-state index contributed by atoms with van der Waals surface area (Å²) in [4.78, 5) is 13.5. The maximum Gasteiger partial charge on any atom is 0.227 e. The van der Waals surface area contributed by atoms with Crippen LogP contribution in [-0.4, -0.2) is 13.0 Å². The van der Waals surface area contributed by atoms with Crippen LogP contribution in [0.25, 0.3) is 0 Å². The van der Waals surface area contributed by atoms with Gasteiger partial charge in [0.15, 0.2) is 0 Å². The van der Waals surface area contributed by atoms with Gasteiger partial charge in [0, 0.05) is 25.2 Å². The highest BCUT2D eigenvalue weighted by Crippen LogP contribution is 2.29. The third kappa shape index (κ3) is 2.83. The van der Waals surface area contributed by atoms with Crippen LogP contribution in [0, 0.1) is 0 Å². The predicted molar refractivity (Wildman–Crippen MR) is 85.2 cm³/mol. The van der Waals surface area contributed by atoms with Gasteiger partial charge in [0.1, 0.15) is 0 Å². The molecule has 0 saturated carbocycles. The van der Waals surface area contributed by atoms with Crippen molar-refractivity contribution in [1.82, 2.24) is 0 Å². The Bertz CT molecular complexity index is 652. The second-order valence-corrected chi connectivity index (χ2v) is 5.64. The molecule has 21 heavy (non-hydrogen) atoms. The fourth-order valence-electron chi connectivity index (χ4n) is 2.89. The molecule has 3 heteroatoms. The molecule has 0 saturated heterocycles. The number of aryl methyl sites for hydroxylation is 1. The number of rotatable bonds is 3. The third-order valence-electron chi connectivity index (χ3n) is 4.17. The molecule has 3 rings (SSSR count). The van der Waals surface area contributed by atoms with Crippen molar-refractivity contribution in [2.45, 2.75) is 25.3 Å². The zero-order valence-corrected chi connectivity index (χ0v) is 12.3. The van der Waals surface area contributed by atoms with Gasteiger partial charge >= 0.3 is 0 Å². The van der Waals surface area contributed by atoms with Crippen molar-refractivity contribution in [3.8, 4) is 0 Å². The smallest absolute Gasteiger partial charge is 0.227 e. The highest BCUT2D eigenvalue weighted by Gasteiger charge is 2.21. The first-order chi connectivity index (χ1) is 10.1. The first-order valence-corrected chi connectivity index (χ1v) is 7.34. The van der Waals surface area contributed by atoms with E-state index >= 15 is 0 Å². The Hall–Kier alpha value is -2.13. The molecule has 1 aliphatic rings. The molecule has 108 valence electrons. The molecule has 1 aliphatic heterocycles. The van der Waals surface area contributed by atoms with Gasteiger partial charge in [-0.15, -0.1) is 0 Å². The summed E-state index contributed by atoms with van der Waals surface area (Å²) in [5.74, 6) is 0.184. The molecule has 2 N–H and O–H groups in total. The number of benzene rings is 2. The van der Waals surface area contributed by atoms with E-state index in [9.17, 15) is 4.79 Å². The van der Waals surface area contributed by atoms with Crippen LogP contribution in [0.5, 0.6) is 0 Å². The lowest BCUT2D eigenvalue weighted by molar-refractivity contribution is -0.118. The molecule has 1 heterocycles. The van der Waals surface area contributed by atoms with E-state index in [2.05, 4.69) is 18.2 Å². The number of fused-ring (bicyclic) bond motifs is 1. The molecule has 0 radical (unpaired) electrons. The van der Waals surface area contributed by atoms with Crippen molar-refractivity contribution in [3.05, 3.63) is 65.2 Å². The number of carbonyl (C=O) groups excluding carboxylic acids is 1. The van der Waals surface area contributed by atoms with E-state index < -0.39 is 0 Å². The van der Waals surface area contributed by atoms with E-state index in [0.717, 1.165) is 24.1 Å². The molecule has 0 fully saturated rings. The molecule has 1 atom stereocenters. The second-order valence-electron chi connectivity index (χ2n) is 5.64. The third-order valence-corrected chi connectivity index (χ3v) is 4.17. The Morgan fingerprint density at radius 3 is 2.67 bits per heavy atom. The minimum Gasteiger partial charge on any atom is -0.324 e. The number of nitrogens with zero attached hydrogens (tertiary/aromatic N) is 1. The summed E-state index contributed by atoms with van der Waals surface area (Å²) in [7, 11) is 1.84. The summed E-state index contributed by atoms with van der Waals surface area (Å²) in [5.41, 5.74) is 11.0. The number of nitrogens with two attached hydrogens (primary N) is 1. The van der Waals surface area contributed by atoms with Crippen LogP contribution in [-0.2, 0) is 17.6 Å². The zero-order chi connectivity index (χ0) is 14.8. The van der Waals surface area contributed by atoms with E-state index in [1.54, 1.807) is 4.90 Å². The van der Waals surface area contributed by atoms with Crippen molar-refractivity contribution < 1.29 is 4.79 Å². The van der Waals surface area contributed by atoms with Gasteiger partial charge in [0.05, 0.1) is 0 Å². The van der Waals surface area contributed by atoms with Crippen LogP contribution in [0.1, 0.15) is 29.2 Å². The summed E-state index contributed by atoms with van der Waals surface area (Å²) in [6.45, 7) is 0. The van der Waals surface area contributed by atoms with Crippen molar-refractivity contribution in [3.63, 3.8) is 0 Å². The molecule has 3 nitrogen and oxygen atoms in total. The molecular weight excluding hydrogens is 260 g/mol. The molecule has 2 aromatic carbocycles. The highest BCUT2D eigenvalue weighted by atomic mass is 16.2. The second kappa shape index (κ2) is 5.70. The monoisotopic (exact) mass is 280 g/mol. The van der Waals surface area contributed by atoms with E-state index in [0.29, 0.717) is 6.42 Å². The summed E-state index contributed by atoms with van der Waals surface area (Å²) >= 11 is 0. The van der Waals surface area contributed by atoms with Crippen LogP contribution in [0.15, 0.2) is 48.5 Å². The Morgan fingerprint density at radius 1 is 1.14 bits per heavy atom. The van der Waals surface area contributed by atoms with Crippen molar-refractivity contribution in [2.75, 3.05) is 11.9 Å². The largest absolute Gasteiger partial charge is 0.324 e. The Labute approximate surface area is 125 Å². The van der Waals surface area contributed by atoms with Crippen molar-refractivity contribution >= 4 is 11.6 Å². The summed E-state index contributed by atoms with van der Waals surface area (Å²) in [6, 6.07) is 16.5. The molecule has 1 unspecified atom stereocenters. The van der Waals surface area contributed by atoms with Gasteiger partial charge in [-0.3, -0.25) is 4.79 Å². The highest BCUT2D eigenvalue weighted by molar-refractivity contribution is 5.95. The standard InChI is InChI=1S/C18H20N2O/c1-20-17-9-7-14(12-15(17)8-10-18(20)21)16(19)11-13-5-3-2-4-6-13/h2-7,9,12,16H,8,10-11,19H2,1H3. The summed E-state index contributed by atoms with van der Waals surface area (Å²) in [5, 5.41) is 0. The van der Waals surface area contributed by atoms with Crippen LogP contribution >= 0.6 is 0 Å². The van der Waals surface area contributed by atoms with Gasteiger partial charge in [-0.25, -0.2) is 0 Å². The SMILES string of the molecule is CN1C(=O)CCc2cc(C(N)Cc3ccccc3)ccc21. The van der Waals surface area contributed by atoms with Gasteiger partial charge < -0.3 is 10.6 Å². The fraction of sp³-hybridized carbons (Fsp3) is 0.278. The molecular formula is C18H20N2O. The van der Waals surface area contributed by atoms with Gasteiger partial charge in [-0.1, -0.05) is 42.5 Å². The van der Waals surface area contributed by atoms with Crippen molar-refractivity contribution in [2.24, 2.45) is 5.73 Å². The molecule has 2 aromatic rings.